The number of aromatic nitrogens is 3. The molecule has 0 saturated carbocycles. The Morgan fingerprint density at radius 1 is 0.741 bits per heavy atom. The van der Waals surface area contributed by atoms with Gasteiger partial charge in [0.05, 0.1) is 22.2 Å². The summed E-state index contributed by atoms with van der Waals surface area (Å²) in [5.74, 6) is 0. The third kappa shape index (κ3) is 2.87. The molecule has 0 atom stereocenters. The molecule has 0 N–H and O–H groups in total. The first kappa shape index (κ1) is 15.5. The SMILES string of the molecule is C(=Nc1cccc2ncccc12)c1ccc(-n2cnc3ccccc32)cc1. The van der Waals surface area contributed by atoms with Gasteiger partial charge in [-0.3, -0.25) is 14.5 Å². The molecule has 4 nitrogen and oxygen atoms in total. The van der Waals surface area contributed by atoms with Crippen molar-refractivity contribution in [3.8, 4) is 5.69 Å². The smallest absolute Gasteiger partial charge is 0.100 e. The maximum absolute atomic E-state index is 4.66. The molecule has 0 bridgehead atoms. The van der Waals surface area contributed by atoms with E-state index in [1.54, 1.807) is 6.20 Å². The molecule has 0 fully saturated rings. The minimum absolute atomic E-state index is 0.922. The summed E-state index contributed by atoms with van der Waals surface area (Å²) in [4.78, 5) is 13.5. The van der Waals surface area contributed by atoms with E-state index in [0.29, 0.717) is 0 Å². The van der Waals surface area contributed by atoms with Gasteiger partial charge in [-0.05, 0) is 54.1 Å². The maximum Gasteiger partial charge on any atom is 0.100 e. The summed E-state index contributed by atoms with van der Waals surface area (Å²) in [5, 5.41) is 1.05. The average Bonchev–Trinajstić information content (AvgIpc) is 3.17. The average molecular weight is 348 g/mol. The van der Waals surface area contributed by atoms with E-state index in [9.17, 15) is 0 Å². The van der Waals surface area contributed by atoms with Crippen molar-refractivity contribution >= 4 is 33.8 Å². The van der Waals surface area contributed by atoms with Crippen LogP contribution in [-0.2, 0) is 0 Å². The molecule has 5 rings (SSSR count). The van der Waals surface area contributed by atoms with Gasteiger partial charge in [0, 0.05) is 23.5 Å². The number of benzene rings is 3. The van der Waals surface area contributed by atoms with Gasteiger partial charge in [0.25, 0.3) is 0 Å². The van der Waals surface area contributed by atoms with E-state index in [4.69, 9.17) is 0 Å². The van der Waals surface area contributed by atoms with Gasteiger partial charge < -0.3 is 0 Å². The number of hydrogen-bond donors (Lipinski definition) is 0. The Kier molecular flexibility index (Phi) is 3.72. The second-order valence-electron chi connectivity index (χ2n) is 6.30. The van der Waals surface area contributed by atoms with Crippen LogP contribution in [0.4, 0.5) is 5.69 Å². The Morgan fingerprint density at radius 3 is 2.52 bits per heavy atom. The van der Waals surface area contributed by atoms with Crippen molar-refractivity contribution < 1.29 is 0 Å². The fourth-order valence-corrected chi connectivity index (χ4v) is 3.23. The summed E-state index contributed by atoms with van der Waals surface area (Å²) in [6, 6.07) is 26.4. The van der Waals surface area contributed by atoms with Crippen LogP contribution in [0.15, 0.2) is 96.4 Å². The Hall–Kier alpha value is -3.79. The molecule has 0 spiro atoms. The summed E-state index contributed by atoms with van der Waals surface area (Å²) in [5.41, 5.74) is 6.09. The van der Waals surface area contributed by atoms with Gasteiger partial charge in [0.15, 0.2) is 0 Å². The number of fused-ring (bicyclic) bond motifs is 2. The second-order valence-corrected chi connectivity index (χ2v) is 6.30. The topological polar surface area (TPSA) is 43.1 Å². The Bertz CT molecular complexity index is 1260. The monoisotopic (exact) mass is 348 g/mol. The second kappa shape index (κ2) is 6.50. The zero-order valence-corrected chi connectivity index (χ0v) is 14.5. The van der Waals surface area contributed by atoms with E-state index < -0.39 is 0 Å². The number of pyridine rings is 1. The molecule has 3 aromatic carbocycles. The third-order valence-electron chi connectivity index (χ3n) is 4.60. The van der Waals surface area contributed by atoms with E-state index >= 15 is 0 Å². The highest BCUT2D eigenvalue weighted by Gasteiger charge is 2.03. The van der Waals surface area contributed by atoms with Crippen LogP contribution in [0, 0.1) is 0 Å². The first-order valence-corrected chi connectivity index (χ1v) is 8.79. The first-order valence-electron chi connectivity index (χ1n) is 8.79. The minimum atomic E-state index is 0.922. The van der Waals surface area contributed by atoms with Gasteiger partial charge in [0.2, 0.25) is 0 Å². The zero-order chi connectivity index (χ0) is 18.1. The van der Waals surface area contributed by atoms with Crippen LogP contribution < -0.4 is 0 Å². The molecule has 2 aromatic heterocycles. The molecule has 27 heavy (non-hydrogen) atoms. The molecular formula is C23H16N4. The highest BCUT2D eigenvalue weighted by molar-refractivity contribution is 5.93. The van der Waals surface area contributed by atoms with Crippen molar-refractivity contribution in [2.75, 3.05) is 0 Å². The van der Waals surface area contributed by atoms with Gasteiger partial charge >= 0.3 is 0 Å². The highest BCUT2D eigenvalue weighted by Crippen LogP contribution is 2.24. The first-order chi connectivity index (χ1) is 13.4. The van der Waals surface area contributed by atoms with Crippen molar-refractivity contribution in [1.29, 1.82) is 0 Å². The quantitative estimate of drug-likeness (QED) is 0.414. The van der Waals surface area contributed by atoms with Gasteiger partial charge in [-0.1, -0.05) is 30.3 Å². The number of para-hydroxylation sites is 2. The lowest BCUT2D eigenvalue weighted by Crippen LogP contribution is -1.92. The minimum Gasteiger partial charge on any atom is -0.299 e. The van der Waals surface area contributed by atoms with Crippen LogP contribution in [0.1, 0.15) is 5.56 Å². The number of imidazole rings is 1. The Morgan fingerprint density at radius 2 is 1.59 bits per heavy atom. The lowest BCUT2D eigenvalue weighted by Gasteiger charge is -2.05. The van der Waals surface area contributed by atoms with Crippen molar-refractivity contribution in [1.82, 2.24) is 14.5 Å². The van der Waals surface area contributed by atoms with Crippen LogP contribution in [-0.4, -0.2) is 20.7 Å². The van der Waals surface area contributed by atoms with E-state index in [-0.39, 0.29) is 0 Å². The van der Waals surface area contributed by atoms with Crippen LogP contribution in [0.5, 0.6) is 0 Å². The molecule has 0 aliphatic rings. The molecule has 0 aliphatic heterocycles. The summed E-state index contributed by atoms with van der Waals surface area (Å²) < 4.78 is 2.09. The van der Waals surface area contributed by atoms with Crippen LogP contribution >= 0.6 is 0 Å². The van der Waals surface area contributed by atoms with Crippen molar-refractivity contribution in [2.24, 2.45) is 4.99 Å². The van der Waals surface area contributed by atoms with E-state index in [2.05, 4.69) is 49.9 Å². The lowest BCUT2D eigenvalue weighted by atomic mass is 10.2. The van der Waals surface area contributed by atoms with Gasteiger partial charge in [-0.25, -0.2) is 4.98 Å². The van der Waals surface area contributed by atoms with Gasteiger partial charge in [-0.2, -0.15) is 0 Å². The van der Waals surface area contributed by atoms with E-state index in [1.165, 1.54) is 0 Å². The van der Waals surface area contributed by atoms with Crippen molar-refractivity contribution in [3.05, 3.63) is 97.0 Å². The maximum atomic E-state index is 4.66. The molecule has 5 aromatic rings. The number of hydrogen-bond acceptors (Lipinski definition) is 3. The molecule has 0 amide bonds. The molecular weight excluding hydrogens is 332 g/mol. The van der Waals surface area contributed by atoms with Crippen molar-refractivity contribution in [2.45, 2.75) is 0 Å². The molecule has 4 heteroatoms. The molecule has 0 radical (unpaired) electrons. The summed E-state index contributed by atoms with van der Waals surface area (Å²) in [6.45, 7) is 0. The largest absolute Gasteiger partial charge is 0.299 e. The third-order valence-corrected chi connectivity index (χ3v) is 4.60. The zero-order valence-electron chi connectivity index (χ0n) is 14.5. The fraction of sp³-hybridized carbons (Fsp3) is 0. The van der Waals surface area contributed by atoms with E-state index in [1.807, 2.05) is 61.1 Å². The molecule has 0 saturated heterocycles. The van der Waals surface area contributed by atoms with Gasteiger partial charge in [-0.15, -0.1) is 0 Å². The fourth-order valence-electron chi connectivity index (χ4n) is 3.23. The predicted octanol–water partition coefficient (Wildman–Crippen LogP) is 5.32. The summed E-state index contributed by atoms with van der Waals surface area (Å²) in [7, 11) is 0. The van der Waals surface area contributed by atoms with Crippen LogP contribution in [0.25, 0.3) is 27.6 Å². The molecule has 0 aliphatic carbocycles. The molecule has 0 unspecified atom stereocenters. The summed E-state index contributed by atoms with van der Waals surface area (Å²) in [6.07, 6.45) is 5.54. The predicted molar refractivity (Wildman–Crippen MR) is 110 cm³/mol. The normalized spacial score (nSPS) is 11.6. The van der Waals surface area contributed by atoms with Crippen molar-refractivity contribution in [3.63, 3.8) is 0 Å². The number of rotatable bonds is 3. The Balaban J connectivity index is 1.46. The van der Waals surface area contributed by atoms with E-state index in [0.717, 1.165) is 38.9 Å². The summed E-state index contributed by atoms with van der Waals surface area (Å²) >= 11 is 0. The molecule has 128 valence electrons. The number of aliphatic imine (C=N–C) groups is 1. The lowest BCUT2D eigenvalue weighted by molar-refractivity contribution is 1.09. The molecule has 2 heterocycles. The van der Waals surface area contributed by atoms with Crippen LogP contribution in [0.2, 0.25) is 0 Å². The standard InChI is InChI=1S/C23H16N4/c1-2-9-23-22(6-1)26-16-27(23)18-12-10-17(11-13-18)15-25-21-8-3-7-20-19(21)5-4-14-24-20/h1-16H. The Labute approximate surface area is 156 Å². The number of nitrogens with zero attached hydrogens (tertiary/aromatic N) is 4. The highest BCUT2D eigenvalue weighted by atomic mass is 15.0. The van der Waals surface area contributed by atoms with Crippen LogP contribution in [0.3, 0.4) is 0 Å². The van der Waals surface area contributed by atoms with Gasteiger partial charge in [0.1, 0.15) is 6.33 Å².